The number of halogens is 4. The molecule has 1 aliphatic carbocycles. The van der Waals surface area contributed by atoms with Gasteiger partial charge in [-0.15, -0.1) is 0 Å². The van der Waals surface area contributed by atoms with Crippen LogP contribution in [-0.4, -0.2) is 20.5 Å². The molecule has 1 aliphatic rings. The first-order chi connectivity index (χ1) is 13.0. The minimum absolute atomic E-state index is 0.00311. The molecule has 1 unspecified atom stereocenters. The summed E-state index contributed by atoms with van der Waals surface area (Å²) >= 11 is 0. The third kappa shape index (κ3) is 3.94. The van der Waals surface area contributed by atoms with Gasteiger partial charge in [0.05, 0.1) is 23.3 Å². The van der Waals surface area contributed by atoms with Gasteiger partial charge >= 0.3 is 12.1 Å². The number of rotatable bonds is 4. The van der Waals surface area contributed by atoms with Crippen molar-refractivity contribution in [1.82, 2.24) is 4.98 Å². The molecule has 150 valence electrons. The fraction of sp³-hybridized carbons (Fsp3) is 0.235. The first-order valence-electron chi connectivity index (χ1n) is 7.83. The van der Waals surface area contributed by atoms with Gasteiger partial charge in [0, 0.05) is 12.0 Å². The first kappa shape index (κ1) is 20.1. The van der Waals surface area contributed by atoms with Gasteiger partial charge in [-0.3, -0.25) is 0 Å². The summed E-state index contributed by atoms with van der Waals surface area (Å²) in [7, 11) is -2.63. The number of nitrogens with two attached hydrogens (primary N) is 1. The van der Waals surface area contributed by atoms with Gasteiger partial charge < -0.3 is 9.15 Å². The number of alkyl halides is 3. The molecule has 0 radical (unpaired) electrons. The maximum atomic E-state index is 14.4. The molecule has 0 saturated carbocycles. The summed E-state index contributed by atoms with van der Waals surface area (Å²) in [5.41, 5.74) is -0.397. The molecule has 1 aromatic carbocycles. The number of ether oxygens (including phenoxy) is 1. The normalized spacial score (nSPS) is 17.5. The van der Waals surface area contributed by atoms with Crippen LogP contribution in [0.4, 0.5) is 17.6 Å². The number of nitrogens with zero attached hydrogens (tertiary/aromatic N) is 1. The number of hydrogen-bond donors (Lipinski definition) is 1. The summed E-state index contributed by atoms with van der Waals surface area (Å²) in [4.78, 5) is 3.34. The topological polar surface area (TPSA) is 95.4 Å². The van der Waals surface area contributed by atoms with E-state index in [0.717, 1.165) is 6.07 Å². The molecule has 1 heterocycles. The van der Waals surface area contributed by atoms with E-state index in [1.807, 2.05) is 0 Å². The van der Waals surface area contributed by atoms with Crippen molar-refractivity contribution >= 4 is 10.0 Å². The Bertz CT molecular complexity index is 1070. The van der Waals surface area contributed by atoms with E-state index in [2.05, 4.69) is 4.98 Å². The van der Waals surface area contributed by atoms with Crippen LogP contribution in [0, 0.1) is 5.82 Å². The predicted molar refractivity (Wildman–Crippen MR) is 91.1 cm³/mol. The van der Waals surface area contributed by atoms with Gasteiger partial charge in [0.25, 0.3) is 0 Å². The summed E-state index contributed by atoms with van der Waals surface area (Å²) in [5, 5.41) is 5.03. The number of methoxy groups -OCH3 is 1. The van der Waals surface area contributed by atoms with Gasteiger partial charge in [0.1, 0.15) is 11.6 Å². The monoisotopic (exact) mass is 418 g/mol. The Kier molecular flexibility index (Phi) is 5.06. The van der Waals surface area contributed by atoms with Crippen molar-refractivity contribution in [1.29, 1.82) is 0 Å². The lowest BCUT2D eigenvalue weighted by Crippen LogP contribution is -2.15. The van der Waals surface area contributed by atoms with Crippen LogP contribution in [0.15, 0.2) is 45.7 Å². The zero-order chi connectivity index (χ0) is 20.7. The highest BCUT2D eigenvalue weighted by molar-refractivity contribution is 7.93. The van der Waals surface area contributed by atoms with Crippen LogP contribution in [0.1, 0.15) is 23.9 Å². The molecular formula is C17H14F4N2O4S. The van der Waals surface area contributed by atoms with Crippen LogP contribution < -0.4 is 9.88 Å². The zero-order valence-corrected chi connectivity index (χ0v) is 15.1. The molecule has 2 aromatic rings. The maximum Gasteiger partial charge on any atom is 0.468 e. The molecule has 28 heavy (non-hydrogen) atoms. The summed E-state index contributed by atoms with van der Waals surface area (Å²) in [6, 6.07) is 3.59. The molecule has 2 N–H and O–H groups in total. The molecule has 0 amide bonds. The van der Waals surface area contributed by atoms with Crippen molar-refractivity contribution in [2.45, 2.75) is 18.5 Å². The fourth-order valence-electron chi connectivity index (χ4n) is 2.72. The maximum absolute atomic E-state index is 14.4. The van der Waals surface area contributed by atoms with E-state index in [-0.39, 0.29) is 28.3 Å². The van der Waals surface area contributed by atoms with Crippen LogP contribution in [0.25, 0.3) is 11.3 Å². The molecule has 0 spiro atoms. The minimum atomic E-state index is -4.88. The van der Waals surface area contributed by atoms with E-state index >= 15 is 0 Å². The summed E-state index contributed by atoms with van der Waals surface area (Å²) in [5.74, 6) is -3.36. The van der Waals surface area contributed by atoms with Crippen LogP contribution in [0.2, 0.25) is 0 Å². The van der Waals surface area contributed by atoms with E-state index < -0.39 is 39.6 Å². The van der Waals surface area contributed by atoms with Gasteiger partial charge in [-0.25, -0.2) is 22.9 Å². The fourth-order valence-corrected chi connectivity index (χ4v) is 3.32. The molecule has 1 atom stereocenters. The Morgan fingerprint density at radius 1 is 1.32 bits per heavy atom. The van der Waals surface area contributed by atoms with E-state index in [4.69, 9.17) is 14.3 Å². The van der Waals surface area contributed by atoms with Crippen LogP contribution in [0.5, 0.6) is 5.75 Å². The largest absolute Gasteiger partial charge is 0.497 e. The summed E-state index contributed by atoms with van der Waals surface area (Å²) in [6.07, 6.45) is -1.12. The quantitative estimate of drug-likeness (QED) is 0.764. The number of benzene rings is 1. The third-order valence-electron chi connectivity index (χ3n) is 4.06. The average molecular weight is 418 g/mol. The molecule has 6 nitrogen and oxygen atoms in total. The summed E-state index contributed by atoms with van der Waals surface area (Å²) < 4.78 is 86.2. The van der Waals surface area contributed by atoms with Crippen LogP contribution in [0.3, 0.4) is 0 Å². The van der Waals surface area contributed by atoms with Crippen LogP contribution in [-0.2, 0) is 16.2 Å². The molecule has 1 aromatic heterocycles. The second-order valence-corrected chi connectivity index (χ2v) is 7.49. The van der Waals surface area contributed by atoms with Crippen molar-refractivity contribution in [2.24, 2.45) is 5.14 Å². The molecule has 0 fully saturated rings. The molecule has 0 aliphatic heterocycles. The van der Waals surface area contributed by atoms with E-state index in [1.54, 1.807) is 0 Å². The summed E-state index contributed by atoms with van der Waals surface area (Å²) in [6.45, 7) is 0. The number of primary sulfonamides is 1. The lowest BCUT2D eigenvalue weighted by molar-refractivity contribution is -0.156. The predicted octanol–water partition coefficient (Wildman–Crippen LogP) is 3.72. The number of sulfonamides is 1. The average Bonchev–Trinajstić information content (AvgIpc) is 3.06. The van der Waals surface area contributed by atoms with Crippen molar-refractivity contribution in [2.75, 3.05) is 7.11 Å². The van der Waals surface area contributed by atoms with E-state index in [0.29, 0.717) is 0 Å². The lowest BCUT2D eigenvalue weighted by atomic mass is 9.94. The number of allylic oxidation sites excluding steroid dienone is 3. The molecule has 3 rings (SSSR count). The van der Waals surface area contributed by atoms with Gasteiger partial charge in [0.2, 0.25) is 10.0 Å². The molecule has 11 heteroatoms. The minimum Gasteiger partial charge on any atom is -0.497 e. The van der Waals surface area contributed by atoms with Crippen molar-refractivity contribution in [3.05, 3.63) is 58.7 Å². The smallest absolute Gasteiger partial charge is 0.468 e. The van der Waals surface area contributed by atoms with Crippen molar-refractivity contribution in [3.63, 3.8) is 0 Å². The lowest BCUT2D eigenvalue weighted by Gasteiger charge is -2.14. The van der Waals surface area contributed by atoms with Gasteiger partial charge in [0.15, 0.2) is 5.76 Å². The zero-order valence-electron chi connectivity index (χ0n) is 14.3. The van der Waals surface area contributed by atoms with Crippen molar-refractivity contribution < 1.29 is 35.1 Å². The van der Waals surface area contributed by atoms with Gasteiger partial charge in [-0.2, -0.15) is 13.2 Å². The Hall–Kier alpha value is -2.66. The van der Waals surface area contributed by atoms with Crippen LogP contribution >= 0.6 is 0 Å². The first-order valence-corrected chi connectivity index (χ1v) is 9.38. The van der Waals surface area contributed by atoms with E-state index in [1.165, 1.54) is 37.5 Å². The van der Waals surface area contributed by atoms with Crippen molar-refractivity contribution in [3.8, 4) is 17.1 Å². The highest BCUT2D eigenvalue weighted by Gasteiger charge is 2.40. The molecule has 0 saturated heterocycles. The number of oxazole rings is 1. The SMILES string of the molecule is COc1ccc(-c2oc(C(F)(F)F)nc2C2C=CC(S(N)(=O)=O)=CC2)c(F)c1. The second-order valence-electron chi connectivity index (χ2n) is 5.93. The van der Waals surface area contributed by atoms with Gasteiger partial charge in [-0.1, -0.05) is 12.2 Å². The second kappa shape index (κ2) is 7.06. The highest BCUT2D eigenvalue weighted by Crippen LogP contribution is 2.40. The Balaban J connectivity index is 2.08. The Morgan fingerprint density at radius 2 is 2.04 bits per heavy atom. The Labute approximate surface area is 157 Å². The Morgan fingerprint density at radius 3 is 2.54 bits per heavy atom. The third-order valence-corrected chi connectivity index (χ3v) is 5.02. The number of aromatic nitrogens is 1. The highest BCUT2D eigenvalue weighted by atomic mass is 32.2. The number of hydrogen-bond acceptors (Lipinski definition) is 5. The standard InChI is InChI=1S/C17H14F4N2O4S/c1-26-10-4-7-12(13(18)8-10)15-14(23-16(27-15)17(19,20)21)9-2-5-11(6-3-9)28(22,24)25/h2,4-9H,3H2,1H3,(H2,22,24,25). The molecular weight excluding hydrogens is 404 g/mol. The van der Waals surface area contributed by atoms with Gasteiger partial charge in [-0.05, 0) is 24.6 Å². The molecule has 0 bridgehead atoms. The van der Waals surface area contributed by atoms with E-state index in [9.17, 15) is 26.0 Å².